The predicted octanol–water partition coefficient (Wildman–Crippen LogP) is 7.39. The molecular formula is C25H22Cl4N4O3. The molecular weight excluding hydrogens is 546 g/mol. The molecule has 3 aromatic rings. The lowest BCUT2D eigenvalue weighted by molar-refractivity contribution is -0.112. The Morgan fingerprint density at radius 1 is 0.889 bits per heavy atom. The van der Waals surface area contributed by atoms with Crippen LogP contribution in [0.4, 0.5) is 17.1 Å². The van der Waals surface area contributed by atoms with Crippen molar-refractivity contribution in [2.75, 3.05) is 11.1 Å². The van der Waals surface area contributed by atoms with E-state index in [1.165, 1.54) is 0 Å². The Bertz CT molecular complexity index is 1340. The Morgan fingerprint density at radius 3 is 2.06 bits per heavy atom. The lowest BCUT2D eigenvalue weighted by Crippen LogP contribution is -2.12. The van der Waals surface area contributed by atoms with Gasteiger partial charge in [-0.1, -0.05) is 63.7 Å². The van der Waals surface area contributed by atoms with Crippen LogP contribution >= 0.6 is 46.4 Å². The third-order valence-electron chi connectivity index (χ3n) is 5.03. The van der Waals surface area contributed by atoms with E-state index < -0.39 is 11.7 Å². The number of aliphatic imine (C=N–C) groups is 1. The molecule has 4 N–H and O–H groups in total. The van der Waals surface area contributed by atoms with Gasteiger partial charge in [0.2, 0.25) is 0 Å². The van der Waals surface area contributed by atoms with Crippen LogP contribution in [0.3, 0.4) is 0 Å². The number of oxime groups is 1. The number of anilines is 2. The molecule has 1 aliphatic heterocycles. The van der Waals surface area contributed by atoms with Gasteiger partial charge in [-0.3, -0.25) is 9.59 Å². The molecule has 36 heavy (non-hydrogen) atoms. The van der Waals surface area contributed by atoms with Gasteiger partial charge < -0.3 is 16.3 Å². The number of halogens is 4. The van der Waals surface area contributed by atoms with E-state index in [9.17, 15) is 9.59 Å². The number of nitrogens with two attached hydrogens (primary N) is 1. The first kappa shape index (κ1) is 29.1. The Hall–Kier alpha value is -3.10. The van der Waals surface area contributed by atoms with Gasteiger partial charge >= 0.3 is 0 Å². The van der Waals surface area contributed by atoms with Crippen molar-refractivity contribution in [3.05, 3.63) is 85.9 Å². The molecule has 0 spiro atoms. The summed E-state index contributed by atoms with van der Waals surface area (Å²) < 4.78 is 0. The summed E-state index contributed by atoms with van der Waals surface area (Å²) in [6, 6.07) is 14.0. The predicted molar refractivity (Wildman–Crippen MR) is 149 cm³/mol. The fourth-order valence-electron chi connectivity index (χ4n) is 2.86. The van der Waals surface area contributed by atoms with E-state index in [4.69, 9.17) is 57.3 Å². The van der Waals surface area contributed by atoms with Crippen LogP contribution in [-0.4, -0.2) is 28.3 Å². The summed E-state index contributed by atoms with van der Waals surface area (Å²) in [5.74, 6) is -1.07. The largest absolute Gasteiger partial charge is 0.411 e. The SMILES string of the molecule is Cc1c(Cl)ccc2c1NC(=O)C2=O.Cc1c(Cl)cccc1N=C(Cl)/C=N/O.Cc1c(N)cccc1Cl. The van der Waals surface area contributed by atoms with Crippen LogP contribution in [-0.2, 0) is 4.79 Å². The molecule has 3 aromatic carbocycles. The Kier molecular flexibility index (Phi) is 10.7. The summed E-state index contributed by atoms with van der Waals surface area (Å²) in [4.78, 5) is 26.2. The number of hydrogen-bond acceptors (Lipinski definition) is 6. The number of nitrogens with one attached hydrogen (secondary N) is 1. The lowest BCUT2D eigenvalue weighted by atomic mass is 10.1. The number of ketones is 1. The molecule has 11 heteroatoms. The number of hydrogen-bond donors (Lipinski definition) is 3. The van der Waals surface area contributed by atoms with Crippen molar-refractivity contribution in [2.45, 2.75) is 20.8 Å². The van der Waals surface area contributed by atoms with Crippen LogP contribution in [0.1, 0.15) is 27.0 Å². The maximum absolute atomic E-state index is 11.2. The molecule has 4 rings (SSSR count). The molecule has 7 nitrogen and oxygen atoms in total. The number of nitrogens with zero attached hydrogens (tertiary/aromatic N) is 2. The van der Waals surface area contributed by atoms with E-state index in [1.807, 2.05) is 32.0 Å². The van der Waals surface area contributed by atoms with Crippen molar-refractivity contribution >= 4 is 86.5 Å². The number of benzene rings is 3. The molecule has 0 radical (unpaired) electrons. The van der Waals surface area contributed by atoms with Gasteiger partial charge in [0.1, 0.15) is 6.21 Å². The minimum Gasteiger partial charge on any atom is -0.411 e. The second kappa shape index (κ2) is 13.3. The van der Waals surface area contributed by atoms with Crippen LogP contribution in [0.5, 0.6) is 0 Å². The van der Waals surface area contributed by atoms with Crippen molar-refractivity contribution in [1.29, 1.82) is 0 Å². The van der Waals surface area contributed by atoms with Crippen molar-refractivity contribution in [3.63, 3.8) is 0 Å². The maximum atomic E-state index is 11.2. The molecule has 0 unspecified atom stereocenters. The highest BCUT2D eigenvalue weighted by Gasteiger charge is 2.29. The summed E-state index contributed by atoms with van der Waals surface area (Å²) in [6.07, 6.45) is 1.04. The summed E-state index contributed by atoms with van der Waals surface area (Å²) in [7, 11) is 0. The van der Waals surface area contributed by atoms with Crippen molar-refractivity contribution in [2.24, 2.45) is 10.1 Å². The van der Waals surface area contributed by atoms with Crippen LogP contribution in [0.25, 0.3) is 0 Å². The van der Waals surface area contributed by atoms with E-state index in [1.54, 1.807) is 37.3 Å². The Morgan fingerprint density at radius 2 is 1.47 bits per heavy atom. The van der Waals surface area contributed by atoms with Gasteiger partial charge in [-0.15, -0.1) is 0 Å². The lowest BCUT2D eigenvalue weighted by Gasteiger charge is -2.03. The monoisotopic (exact) mass is 566 g/mol. The minimum absolute atomic E-state index is 0.0952. The average Bonchev–Trinajstić information content (AvgIpc) is 3.13. The molecule has 0 saturated carbocycles. The van der Waals surface area contributed by atoms with Gasteiger partial charge in [0.15, 0.2) is 5.17 Å². The first-order valence-corrected chi connectivity index (χ1v) is 11.8. The quantitative estimate of drug-likeness (QED) is 0.0983. The number of fused-ring (bicyclic) bond motifs is 1. The fourth-order valence-corrected chi connectivity index (χ4v) is 3.51. The average molecular weight is 568 g/mol. The third kappa shape index (κ3) is 7.45. The van der Waals surface area contributed by atoms with Crippen LogP contribution in [0, 0.1) is 20.8 Å². The number of carbonyl (C=O) groups excluding carboxylic acids is 2. The number of carbonyl (C=O) groups is 2. The topological polar surface area (TPSA) is 117 Å². The maximum Gasteiger partial charge on any atom is 0.296 e. The number of rotatable bonds is 2. The van der Waals surface area contributed by atoms with Crippen LogP contribution in [0.15, 0.2) is 58.7 Å². The van der Waals surface area contributed by atoms with Crippen molar-refractivity contribution in [3.8, 4) is 0 Å². The molecule has 1 aliphatic rings. The van der Waals surface area contributed by atoms with Crippen molar-refractivity contribution < 1.29 is 14.8 Å². The van der Waals surface area contributed by atoms with E-state index in [2.05, 4.69) is 15.5 Å². The van der Waals surface area contributed by atoms with Gasteiger partial charge in [0.25, 0.3) is 11.7 Å². The molecule has 0 atom stereocenters. The second-order valence-corrected chi connectivity index (χ2v) is 9.00. The van der Waals surface area contributed by atoms with E-state index in [0.29, 0.717) is 27.0 Å². The highest BCUT2D eigenvalue weighted by atomic mass is 35.5. The molecule has 1 amide bonds. The number of nitrogen functional groups attached to an aromatic ring is 1. The van der Waals surface area contributed by atoms with Gasteiger partial charge in [0, 0.05) is 20.8 Å². The molecule has 0 aromatic heterocycles. The van der Waals surface area contributed by atoms with Crippen LogP contribution < -0.4 is 11.1 Å². The highest BCUT2D eigenvalue weighted by molar-refractivity contribution is 6.80. The molecule has 0 saturated heterocycles. The molecule has 0 bridgehead atoms. The molecule has 0 fully saturated rings. The van der Waals surface area contributed by atoms with Gasteiger partial charge in [-0.05, 0) is 73.9 Å². The molecule has 1 heterocycles. The first-order valence-electron chi connectivity index (χ1n) is 10.3. The first-order chi connectivity index (χ1) is 17.0. The second-order valence-electron chi connectivity index (χ2n) is 7.40. The van der Waals surface area contributed by atoms with Gasteiger partial charge in [0.05, 0.1) is 16.9 Å². The zero-order valence-corrected chi connectivity index (χ0v) is 22.5. The fraction of sp³-hybridized carbons (Fsp3) is 0.120. The minimum atomic E-state index is -0.583. The normalized spacial score (nSPS) is 12.4. The van der Waals surface area contributed by atoms with E-state index >= 15 is 0 Å². The third-order valence-corrected chi connectivity index (χ3v) is 6.44. The van der Waals surface area contributed by atoms with E-state index in [-0.39, 0.29) is 5.17 Å². The summed E-state index contributed by atoms with van der Waals surface area (Å²) >= 11 is 23.1. The zero-order valence-electron chi connectivity index (χ0n) is 19.4. The standard InChI is InChI=1S/C9H8Cl2N2O.C9H6ClNO2.C7H8ClN/c1-6-7(10)3-2-4-8(6)13-9(11)5-12-14;1-4-6(10)3-2-5-7(4)11-9(13)8(5)12;1-5-6(8)3-2-4-7(5)9/h2-5,14H,1H3;2-3H,1H3,(H,11,12,13);2-4H,9H2,1H3/b12-5+,13-9?;;. The highest BCUT2D eigenvalue weighted by Crippen LogP contribution is 2.31. The zero-order chi connectivity index (χ0) is 27.0. The number of amides is 1. The molecule has 188 valence electrons. The Balaban J connectivity index is 0.000000195. The van der Waals surface area contributed by atoms with Gasteiger partial charge in [-0.2, -0.15) is 0 Å². The number of Topliss-reactive ketones (excluding diaryl/α,β-unsaturated/α-hetero) is 1. The summed E-state index contributed by atoms with van der Waals surface area (Å²) in [5.41, 5.74) is 10.4. The molecule has 0 aliphatic carbocycles. The smallest absolute Gasteiger partial charge is 0.296 e. The van der Waals surface area contributed by atoms with E-state index in [0.717, 1.165) is 33.6 Å². The Labute approximate surface area is 228 Å². The van der Waals surface area contributed by atoms with Crippen molar-refractivity contribution in [1.82, 2.24) is 0 Å². The summed E-state index contributed by atoms with van der Waals surface area (Å²) in [5, 5.41) is 15.5. The summed E-state index contributed by atoms with van der Waals surface area (Å²) in [6.45, 7) is 5.50. The van der Waals surface area contributed by atoms with Gasteiger partial charge in [-0.25, -0.2) is 4.99 Å². The van der Waals surface area contributed by atoms with Crippen LogP contribution in [0.2, 0.25) is 15.1 Å².